The molecule has 0 spiro atoms. The molecule has 0 heterocycles. The summed E-state index contributed by atoms with van der Waals surface area (Å²) in [4.78, 5) is 0. The molecule has 2 unspecified atom stereocenters. The highest BCUT2D eigenvalue weighted by molar-refractivity contribution is 5.26. The van der Waals surface area contributed by atoms with Crippen LogP contribution in [0, 0.1) is 12.8 Å². The first-order valence-corrected chi connectivity index (χ1v) is 5.93. The monoisotopic (exact) mass is 205 g/mol. The van der Waals surface area contributed by atoms with Crippen molar-refractivity contribution in [2.24, 2.45) is 11.7 Å². The fraction of sp³-hybridized carbons (Fsp3) is 0.571. The van der Waals surface area contributed by atoms with Crippen molar-refractivity contribution in [2.45, 2.75) is 46.1 Å². The lowest BCUT2D eigenvalue weighted by atomic mass is 9.94. The molecule has 2 N–H and O–H groups in total. The van der Waals surface area contributed by atoms with E-state index in [0.29, 0.717) is 6.04 Å². The van der Waals surface area contributed by atoms with E-state index in [1.807, 2.05) is 0 Å². The SMILES string of the molecule is CCC(C)CC(N)Cc1ccccc1C. The standard InChI is InChI=1S/C14H23N/c1-4-11(2)9-14(15)10-13-8-6-5-7-12(13)3/h5-8,11,14H,4,9-10,15H2,1-3H3. The Morgan fingerprint density at radius 2 is 1.93 bits per heavy atom. The highest BCUT2D eigenvalue weighted by Crippen LogP contribution is 2.14. The smallest absolute Gasteiger partial charge is 0.00819 e. The minimum absolute atomic E-state index is 0.307. The largest absolute Gasteiger partial charge is 0.327 e. The van der Waals surface area contributed by atoms with Crippen molar-refractivity contribution < 1.29 is 0 Å². The van der Waals surface area contributed by atoms with Crippen LogP contribution < -0.4 is 5.73 Å². The number of hydrogen-bond acceptors (Lipinski definition) is 1. The molecule has 0 saturated heterocycles. The van der Waals surface area contributed by atoms with E-state index in [0.717, 1.165) is 18.8 Å². The lowest BCUT2D eigenvalue weighted by Gasteiger charge is -2.16. The molecule has 15 heavy (non-hydrogen) atoms. The van der Waals surface area contributed by atoms with E-state index in [2.05, 4.69) is 45.0 Å². The van der Waals surface area contributed by atoms with Gasteiger partial charge >= 0.3 is 0 Å². The first kappa shape index (κ1) is 12.3. The molecule has 0 radical (unpaired) electrons. The van der Waals surface area contributed by atoms with Crippen molar-refractivity contribution in [3.63, 3.8) is 0 Å². The predicted octanol–water partition coefficient (Wildman–Crippen LogP) is 3.30. The molecule has 1 nitrogen and oxygen atoms in total. The van der Waals surface area contributed by atoms with Gasteiger partial charge in [-0.2, -0.15) is 0 Å². The molecule has 0 aliphatic carbocycles. The van der Waals surface area contributed by atoms with Gasteiger partial charge in [0.1, 0.15) is 0 Å². The summed E-state index contributed by atoms with van der Waals surface area (Å²) in [5.74, 6) is 0.740. The zero-order valence-electron chi connectivity index (χ0n) is 10.2. The van der Waals surface area contributed by atoms with Crippen LogP contribution in [0.2, 0.25) is 0 Å². The van der Waals surface area contributed by atoms with Gasteiger partial charge in [0.2, 0.25) is 0 Å². The number of nitrogens with two attached hydrogens (primary N) is 1. The van der Waals surface area contributed by atoms with Gasteiger partial charge < -0.3 is 5.73 Å². The van der Waals surface area contributed by atoms with Gasteiger partial charge in [0.05, 0.1) is 0 Å². The third-order valence-electron chi connectivity index (χ3n) is 3.15. The van der Waals surface area contributed by atoms with E-state index in [-0.39, 0.29) is 0 Å². The summed E-state index contributed by atoms with van der Waals surface area (Å²) in [6.07, 6.45) is 3.36. The van der Waals surface area contributed by atoms with Crippen LogP contribution in [0.3, 0.4) is 0 Å². The minimum atomic E-state index is 0.307. The van der Waals surface area contributed by atoms with Crippen molar-refractivity contribution in [3.8, 4) is 0 Å². The fourth-order valence-electron chi connectivity index (χ4n) is 1.89. The zero-order chi connectivity index (χ0) is 11.3. The molecule has 2 atom stereocenters. The molecule has 0 saturated carbocycles. The Bertz CT molecular complexity index is 293. The molecule has 0 fully saturated rings. The Hall–Kier alpha value is -0.820. The Balaban J connectivity index is 2.51. The van der Waals surface area contributed by atoms with Gasteiger partial charge in [-0.05, 0) is 36.8 Å². The van der Waals surface area contributed by atoms with Crippen molar-refractivity contribution in [3.05, 3.63) is 35.4 Å². The second kappa shape index (κ2) is 5.92. The Morgan fingerprint density at radius 3 is 2.53 bits per heavy atom. The van der Waals surface area contributed by atoms with Crippen LogP contribution in [0.5, 0.6) is 0 Å². The van der Waals surface area contributed by atoms with Crippen molar-refractivity contribution in [1.82, 2.24) is 0 Å². The van der Waals surface area contributed by atoms with Crippen LogP contribution in [0.1, 0.15) is 37.8 Å². The summed E-state index contributed by atoms with van der Waals surface area (Å²) in [5.41, 5.74) is 8.91. The van der Waals surface area contributed by atoms with E-state index in [9.17, 15) is 0 Å². The first-order valence-electron chi connectivity index (χ1n) is 5.93. The Kier molecular flexibility index (Phi) is 4.83. The van der Waals surface area contributed by atoms with Gasteiger partial charge in [-0.25, -0.2) is 0 Å². The van der Waals surface area contributed by atoms with Crippen LogP contribution in [0.15, 0.2) is 24.3 Å². The number of aryl methyl sites for hydroxylation is 1. The quantitative estimate of drug-likeness (QED) is 0.784. The maximum absolute atomic E-state index is 6.15. The van der Waals surface area contributed by atoms with Crippen LogP contribution in [-0.2, 0) is 6.42 Å². The van der Waals surface area contributed by atoms with Gasteiger partial charge in [0, 0.05) is 6.04 Å². The molecule has 0 bridgehead atoms. The topological polar surface area (TPSA) is 26.0 Å². The minimum Gasteiger partial charge on any atom is -0.327 e. The Labute approximate surface area is 93.7 Å². The second-order valence-corrected chi connectivity index (χ2v) is 4.64. The van der Waals surface area contributed by atoms with Gasteiger partial charge in [0.15, 0.2) is 0 Å². The molecule has 0 aliphatic rings. The van der Waals surface area contributed by atoms with Gasteiger partial charge in [-0.3, -0.25) is 0 Å². The average Bonchev–Trinajstić information content (AvgIpc) is 2.21. The van der Waals surface area contributed by atoms with E-state index in [1.165, 1.54) is 17.5 Å². The second-order valence-electron chi connectivity index (χ2n) is 4.64. The lowest BCUT2D eigenvalue weighted by molar-refractivity contribution is 0.450. The van der Waals surface area contributed by atoms with Crippen molar-refractivity contribution in [2.75, 3.05) is 0 Å². The highest BCUT2D eigenvalue weighted by Gasteiger charge is 2.09. The molecule has 0 aromatic heterocycles. The zero-order valence-corrected chi connectivity index (χ0v) is 10.2. The van der Waals surface area contributed by atoms with Crippen LogP contribution in [0.4, 0.5) is 0 Å². The first-order chi connectivity index (χ1) is 7.13. The molecule has 1 heteroatoms. The molecular weight excluding hydrogens is 182 g/mol. The van der Waals surface area contributed by atoms with E-state index in [4.69, 9.17) is 5.73 Å². The third-order valence-corrected chi connectivity index (χ3v) is 3.15. The van der Waals surface area contributed by atoms with E-state index in [1.54, 1.807) is 0 Å². The van der Waals surface area contributed by atoms with Crippen LogP contribution in [-0.4, -0.2) is 6.04 Å². The molecule has 1 rings (SSSR count). The molecule has 1 aromatic carbocycles. The normalized spacial score (nSPS) is 14.9. The van der Waals surface area contributed by atoms with Crippen molar-refractivity contribution >= 4 is 0 Å². The summed E-state index contributed by atoms with van der Waals surface area (Å²) >= 11 is 0. The average molecular weight is 205 g/mol. The summed E-state index contributed by atoms with van der Waals surface area (Å²) in [5, 5.41) is 0. The van der Waals surface area contributed by atoms with Gasteiger partial charge in [-0.15, -0.1) is 0 Å². The van der Waals surface area contributed by atoms with E-state index >= 15 is 0 Å². The van der Waals surface area contributed by atoms with Crippen LogP contribution >= 0.6 is 0 Å². The highest BCUT2D eigenvalue weighted by atomic mass is 14.6. The fourth-order valence-corrected chi connectivity index (χ4v) is 1.89. The summed E-state index contributed by atoms with van der Waals surface area (Å²) in [6, 6.07) is 8.83. The predicted molar refractivity (Wildman–Crippen MR) is 66.9 cm³/mol. The molecular formula is C14H23N. The van der Waals surface area contributed by atoms with E-state index < -0.39 is 0 Å². The number of hydrogen-bond donors (Lipinski definition) is 1. The van der Waals surface area contributed by atoms with Crippen LogP contribution in [0.25, 0.3) is 0 Å². The molecule has 0 aliphatic heterocycles. The van der Waals surface area contributed by atoms with Gasteiger partial charge in [-0.1, -0.05) is 44.5 Å². The molecule has 1 aromatic rings. The maximum Gasteiger partial charge on any atom is 0.00819 e. The molecule has 0 amide bonds. The Morgan fingerprint density at radius 1 is 1.27 bits per heavy atom. The number of rotatable bonds is 5. The van der Waals surface area contributed by atoms with Gasteiger partial charge in [0.25, 0.3) is 0 Å². The summed E-state index contributed by atoms with van der Waals surface area (Å²) in [6.45, 7) is 6.66. The summed E-state index contributed by atoms with van der Waals surface area (Å²) in [7, 11) is 0. The van der Waals surface area contributed by atoms with Crippen molar-refractivity contribution in [1.29, 1.82) is 0 Å². The number of benzene rings is 1. The lowest BCUT2D eigenvalue weighted by Crippen LogP contribution is -2.25. The maximum atomic E-state index is 6.15. The summed E-state index contributed by atoms with van der Waals surface area (Å²) < 4.78 is 0. The molecule has 84 valence electrons. The third kappa shape index (κ3) is 4.05.